The molecular weight excluding hydrogens is 323 g/mol. The quantitative estimate of drug-likeness (QED) is 0.875. The number of hydrogen-bond acceptors (Lipinski definition) is 2. The number of anilines is 2. The third kappa shape index (κ3) is 3.57. The van der Waals surface area contributed by atoms with Gasteiger partial charge in [0.1, 0.15) is 5.82 Å². The molecule has 2 aromatic carbocycles. The number of carbonyl (C=O) groups is 1. The number of hydrogen-bond donors (Lipinski definition) is 2. The first-order valence-electron chi connectivity index (χ1n) is 6.20. The van der Waals surface area contributed by atoms with Crippen LogP contribution in [0.3, 0.4) is 0 Å². The third-order valence-corrected chi connectivity index (χ3v) is 3.35. The van der Waals surface area contributed by atoms with Crippen LogP contribution >= 0.6 is 15.9 Å². The van der Waals surface area contributed by atoms with Gasteiger partial charge >= 0.3 is 0 Å². The lowest BCUT2D eigenvalue weighted by atomic mass is 10.2. The number of rotatable bonds is 4. The van der Waals surface area contributed by atoms with Crippen molar-refractivity contribution >= 4 is 33.2 Å². The third-order valence-electron chi connectivity index (χ3n) is 2.71. The van der Waals surface area contributed by atoms with Crippen LogP contribution in [0.4, 0.5) is 15.8 Å². The van der Waals surface area contributed by atoms with Crippen LogP contribution in [0.1, 0.15) is 17.3 Å². The Hall–Kier alpha value is -1.88. The fourth-order valence-corrected chi connectivity index (χ4v) is 1.97. The molecule has 0 bridgehead atoms. The maximum atomic E-state index is 13.4. The Morgan fingerprint density at radius 1 is 1.15 bits per heavy atom. The van der Waals surface area contributed by atoms with E-state index < -0.39 is 5.82 Å². The second-order valence-corrected chi connectivity index (χ2v) is 5.05. The summed E-state index contributed by atoms with van der Waals surface area (Å²) >= 11 is 3.07. The van der Waals surface area contributed by atoms with Gasteiger partial charge in [-0.25, -0.2) is 4.39 Å². The van der Waals surface area contributed by atoms with E-state index in [0.717, 1.165) is 12.2 Å². The van der Waals surface area contributed by atoms with E-state index in [1.165, 1.54) is 6.07 Å². The van der Waals surface area contributed by atoms with Gasteiger partial charge in [-0.05, 0) is 65.3 Å². The predicted octanol–water partition coefficient (Wildman–Crippen LogP) is 4.27. The standard InChI is InChI=1S/C15H14BrFN2O/c1-2-18-11-5-3-10(4-6-11)15(20)19-12-7-8-13(16)14(17)9-12/h3-9,18H,2H2,1H3,(H,19,20). The topological polar surface area (TPSA) is 41.1 Å². The van der Waals surface area contributed by atoms with E-state index in [1.807, 2.05) is 19.1 Å². The fraction of sp³-hybridized carbons (Fsp3) is 0.133. The highest BCUT2D eigenvalue weighted by molar-refractivity contribution is 9.10. The largest absolute Gasteiger partial charge is 0.385 e. The summed E-state index contributed by atoms with van der Waals surface area (Å²) in [7, 11) is 0. The van der Waals surface area contributed by atoms with Crippen LogP contribution in [0.15, 0.2) is 46.9 Å². The van der Waals surface area contributed by atoms with Gasteiger partial charge in [0.05, 0.1) is 4.47 Å². The van der Waals surface area contributed by atoms with E-state index in [4.69, 9.17) is 0 Å². The molecule has 2 N–H and O–H groups in total. The molecule has 0 aliphatic heterocycles. The minimum atomic E-state index is -0.412. The minimum Gasteiger partial charge on any atom is -0.385 e. The molecule has 0 aliphatic rings. The molecule has 0 spiro atoms. The molecule has 0 atom stereocenters. The average Bonchev–Trinajstić information content (AvgIpc) is 2.44. The van der Waals surface area contributed by atoms with Crippen molar-refractivity contribution in [3.05, 3.63) is 58.3 Å². The Balaban J connectivity index is 2.09. The molecule has 20 heavy (non-hydrogen) atoms. The van der Waals surface area contributed by atoms with Crippen molar-refractivity contribution in [2.45, 2.75) is 6.92 Å². The number of halogens is 2. The Kier molecular flexibility index (Phi) is 4.74. The van der Waals surface area contributed by atoms with Crippen LogP contribution in [0.25, 0.3) is 0 Å². The molecule has 0 aromatic heterocycles. The molecule has 5 heteroatoms. The normalized spacial score (nSPS) is 10.2. The van der Waals surface area contributed by atoms with Crippen LogP contribution in [0.2, 0.25) is 0 Å². The summed E-state index contributed by atoms with van der Waals surface area (Å²) in [6.07, 6.45) is 0. The Bertz CT molecular complexity index is 614. The van der Waals surface area contributed by atoms with E-state index in [0.29, 0.717) is 15.7 Å². The van der Waals surface area contributed by atoms with Gasteiger partial charge in [-0.3, -0.25) is 4.79 Å². The van der Waals surface area contributed by atoms with E-state index >= 15 is 0 Å². The summed E-state index contributed by atoms with van der Waals surface area (Å²) in [6.45, 7) is 2.83. The van der Waals surface area contributed by atoms with Crippen molar-refractivity contribution in [1.29, 1.82) is 0 Å². The number of benzene rings is 2. The molecule has 104 valence electrons. The Morgan fingerprint density at radius 2 is 1.80 bits per heavy atom. The van der Waals surface area contributed by atoms with E-state index in [9.17, 15) is 9.18 Å². The highest BCUT2D eigenvalue weighted by atomic mass is 79.9. The molecule has 1 amide bonds. The van der Waals surface area contributed by atoms with Crippen LogP contribution in [-0.4, -0.2) is 12.5 Å². The van der Waals surface area contributed by atoms with Crippen LogP contribution in [0, 0.1) is 5.82 Å². The lowest BCUT2D eigenvalue weighted by Crippen LogP contribution is -2.12. The predicted molar refractivity (Wildman–Crippen MR) is 82.7 cm³/mol. The molecule has 0 saturated carbocycles. The van der Waals surface area contributed by atoms with Gasteiger partial charge in [-0.15, -0.1) is 0 Å². The van der Waals surface area contributed by atoms with Crippen LogP contribution < -0.4 is 10.6 Å². The Morgan fingerprint density at radius 3 is 2.40 bits per heavy atom. The van der Waals surface area contributed by atoms with Gasteiger partial charge in [0, 0.05) is 23.5 Å². The molecule has 2 aromatic rings. The van der Waals surface area contributed by atoms with E-state index in [2.05, 4.69) is 26.6 Å². The van der Waals surface area contributed by atoms with Gasteiger partial charge in [0.25, 0.3) is 5.91 Å². The van der Waals surface area contributed by atoms with Crippen molar-refractivity contribution in [1.82, 2.24) is 0 Å². The lowest BCUT2D eigenvalue weighted by molar-refractivity contribution is 0.102. The van der Waals surface area contributed by atoms with Crippen molar-refractivity contribution in [3.8, 4) is 0 Å². The molecule has 0 heterocycles. The van der Waals surface area contributed by atoms with Crippen LogP contribution in [-0.2, 0) is 0 Å². The zero-order chi connectivity index (χ0) is 14.5. The molecular formula is C15H14BrFN2O. The molecule has 2 rings (SSSR count). The van der Waals surface area contributed by atoms with E-state index in [1.54, 1.807) is 24.3 Å². The number of amides is 1. The van der Waals surface area contributed by atoms with Gasteiger partial charge in [-0.1, -0.05) is 0 Å². The average molecular weight is 337 g/mol. The number of nitrogens with one attached hydrogen (secondary N) is 2. The molecule has 0 radical (unpaired) electrons. The van der Waals surface area contributed by atoms with Crippen LogP contribution in [0.5, 0.6) is 0 Å². The Labute approximate surface area is 125 Å². The first-order valence-corrected chi connectivity index (χ1v) is 7.00. The maximum Gasteiger partial charge on any atom is 0.255 e. The molecule has 0 aliphatic carbocycles. The first kappa shape index (κ1) is 14.5. The second kappa shape index (κ2) is 6.52. The summed E-state index contributed by atoms with van der Waals surface area (Å²) in [5.41, 5.74) is 1.90. The van der Waals surface area contributed by atoms with E-state index in [-0.39, 0.29) is 5.91 Å². The molecule has 0 saturated heterocycles. The van der Waals surface area contributed by atoms with Gasteiger partial charge < -0.3 is 10.6 Å². The highest BCUT2D eigenvalue weighted by Gasteiger charge is 2.07. The van der Waals surface area contributed by atoms with Gasteiger partial charge in [-0.2, -0.15) is 0 Å². The summed E-state index contributed by atoms with van der Waals surface area (Å²) in [4.78, 5) is 12.0. The zero-order valence-corrected chi connectivity index (χ0v) is 12.5. The molecule has 0 unspecified atom stereocenters. The second-order valence-electron chi connectivity index (χ2n) is 4.19. The highest BCUT2D eigenvalue weighted by Crippen LogP contribution is 2.20. The summed E-state index contributed by atoms with van der Waals surface area (Å²) in [6, 6.07) is 11.6. The van der Waals surface area contributed by atoms with Gasteiger partial charge in [0.15, 0.2) is 0 Å². The monoisotopic (exact) mass is 336 g/mol. The maximum absolute atomic E-state index is 13.4. The van der Waals surface area contributed by atoms with Gasteiger partial charge in [0.2, 0.25) is 0 Å². The summed E-state index contributed by atoms with van der Waals surface area (Å²) < 4.78 is 13.7. The first-order chi connectivity index (χ1) is 9.60. The zero-order valence-electron chi connectivity index (χ0n) is 10.9. The number of carbonyl (C=O) groups excluding carboxylic acids is 1. The van der Waals surface area contributed by atoms with Crippen molar-refractivity contribution in [2.24, 2.45) is 0 Å². The fourth-order valence-electron chi connectivity index (χ4n) is 1.72. The van der Waals surface area contributed by atoms with Crippen molar-refractivity contribution in [2.75, 3.05) is 17.2 Å². The molecule has 0 fully saturated rings. The summed E-state index contributed by atoms with van der Waals surface area (Å²) in [5.74, 6) is -0.680. The SMILES string of the molecule is CCNc1ccc(C(=O)Nc2ccc(Br)c(F)c2)cc1. The molecule has 3 nitrogen and oxygen atoms in total. The van der Waals surface area contributed by atoms with Crippen molar-refractivity contribution in [3.63, 3.8) is 0 Å². The lowest BCUT2D eigenvalue weighted by Gasteiger charge is -2.07. The minimum absolute atomic E-state index is 0.269. The van der Waals surface area contributed by atoms with Crippen molar-refractivity contribution < 1.29 is 9.18 Å². The summed E-state index contributed by atoms with van der Waals surface area (Å²) in [5, 5.41) is 5.81. The smallest absolute Gasteiger partial charge is 0.255 e.